The number of aliphatic imine (C=N–C) groups is 1. The quantitative estimate of drug-likeness (QED) is 0.615. The third-order valence-electron chi connectivity index (χ3n) is 3.46. The maximum absolute atomic E-state index is 12.2. The summed E-state index contributed by atoms with van der Waals surface area (Å²) in [6.45, 7) is 0. The molecule has 0 atom stereocenters. The van der Waals surface area contributed by atoms with E-state index in [9.17, 15) is 5.11 Å². The van der Waals surface area contributed by atoms with Crippen LogP contribution in [-0.4, -0.2) is 16.9 Å². The van der Waals surface area contributed by atoms with Gasteiger partial charge in [0, 0.05) is 11.6 Å². The van der Waals surface area contributed by atoms with Crippen LogP contribution in [-0.2, 0) is 0 Å². The molecule has 0 saturated heterocycles. The molecule has 0 spiro atoms. The van der Waals surface area contributed by atoms with E-state index in [1.54, 1.807) is 5.51 Å². The van der Waals surface area contributed by atoms with Crippen molar-refractivity contribution in [1.82, 2.24) is 4.98 Å². The minimum Gasteiger partial charge on any atom is -0.858 e. The smallest absolute Gasteiger partial charge is 0.0818 e. The van der Waals surface area contributed by atoms with E-state index < -0.39 is 0 Å². The molecule has 4 heteroatoms. The molecule has 2 aromatic rings. The van der Waals surface area contributed by atoms with Gasteiger partial charge in [-0.2, -0.15) is 0 Å². The van der Waals surface area contributed by atoms with Gasteiger partial charge in [-0.25, -0.2) is 4.98 Å². The van der Waals surface area contributed by atoms with Crippen molar-refractivity contribution < 1.29 is 5.11 Å². The summed E-state index contributed by atoms with van der Waals surface area (Å²) < 4.78 is 0.960. The van der Waals surface area contributed by atoms with Gasteiger partial charge in [0.15, 0.2) is 0 Å². The molecule has 94 valence electrons. The van der Waals surface area contributed by atoms with E-state index in [1.807, 2.05) is 18.2 Å². The van der Waals surface area contributed by atoms with Crippen molar-refractivity contribution in [2.45, 2.75) is 38.1 Å². The van der Waals surface area contributed by atoms with Crippen molar-refractivity contribution in [3.63, 3.8) is 0 Å². The van der Waals surface area contributed by atoms with Crippen LogP contribution in [0, 0.1) is 0 Å². The second-order valence-corrected chi connectivity index (χ2v) is 5.59. The molecule has 1 aliphatic rings. The third kappa shape index (κ3) is 2.25. The molecular formula is C14H15N2OS-. The molecule has 1 fully saturated rings. The number of fused-ring (bicyclic) bond motifs is 1. The zero-order chi connectivity index (χ0) is 12.4. The SMILES string of the molecule is [O-]C(=NC1CCCCC1)c1cccc2ncsc12. The third-order valence-corrected chi connectivity index (χ3v) is 4.34. The molecule has 1 heterocycles. The largest absolute Gasteiger partial charge is 0.858 e. The Hall–Kier alpha value is -1.42. The molecule has 0 radical (unpaired) electrons. The number of thiazole rings is 1. The maximum Gasteiger partial charge on any atom is 0.0818 e. The van der Waals surface area contributed by atoms with Gasteiger partial charge < -0.3 is 5.11 Å². The first kappa shape index (κ1) is 11.7. The zero-order valence-electron chi connectivity index (χ0n) is 10.1. The minimum absolute atomic E-state index is 0.0725. The number of benzene rings is 1. The fourth-order valence-corrected chi connectivity index (χ4v) is 3.30. The number of aromatic nitrogens is 1. The molecule has 3 rings (SSSR count). The summed E-state index contributed by atoms with van der Waals surface area (Å²) in [5.74, 6) is -0.0725. The van der Waals surface area contributed by atoms with Crippen LogP contribution in [0.4, 0.5) is 0 Å². The first-order chi connectivity index (χ1) is 8.84. The van der Waals surface area contributed by atoms with Crippen molar-refractivity contribution >= 4 is 27.5 Å². The van der Waals surface area contributed by atoms with Gasteiger partial charge in [-0.05, 0) is 24.8 Å². The van der Waals surface area contributed by atoms with E-state index in [0.717, 1.165) is 23.1 Å². The van der Waals surface area contributed by atoms with Crippen LogP contribution in [0.25, 0.3) is 10.2 Å². The normalized spacial score (nSPS) is 18.3. The highest BCUT2D eigenvalue weighted by molar-refractivity contribution is 7.17. The second-order valence-electron chi connectivity index (χ2n) is 4.73. The molecule has 18 heavy (non-hydrogen) atoms. The Morgan fingerprint density at radius 2 is 2.11 bits per heavy atom. The average Bonchev–Trinajstić information content (AvgIpc) is 2.87. The van der Waals surface area contributed by atoms with Crippen molar-refractivity contribution in [1.29, 1.82) is 0 Å². The number of hydrogen-bond acceptors (Lipinski definition) is 4. The van der Waals surface area contributed by atoms with Gasteiger partial charge in [0.2, 0.25) is 0 Å². The van der Waals surface area contributed by atoms with Crippen LogP contribution in [0.3, 0.4) is 0 Å². The van der Waals surface area contributed by atoms with Gasteiger partial charge in [-0.1, -0.05) is 31.4 Å². The molecular weight excluding hydrogens is 244 g/mol. The predicted octanol–water partition coefficient (Wildman–Crippen LogP) is 2.74. The lowest BCUT2D eigenvalue weighted by atomic mass is 9.96. The molecule has 1 aromatic carbocycles. The molecule has 1 aromatic heterocycles. The summed E-state index contributed by atoms with van der Waals surface area (Å²) in [7, 11) is 0. The Balaban J connectivity index is 1.93. The first-order valence-corrected chi connectivity index (χ1v) is 7.30. The van der Waals surface area contributed by atoms with Crippen LogP contribution < -0.4 is 5.11 Å². The average molecular weight is 259 g/mol. The van der Waals surface area contributed by atoms with Crippen molar-refractivity contribution in [2.24, 2.45) is 4.99 Å². The molecule has 0 aliphatic heterocycles. The summed E-state index contributed by atoms with van der Waals surface area (Å²) in [4.78, 5) is 8.61. The van der Waals surface area contributed by atoms with E-state index in [-0.39, 0.29) is 11.9 Å². The molecule has 3 nitrogen and oxygen atoms in total. The summed E-state index contributed by atoms with van der Waals surface area (Å²) in [5.41, 5.74) is 3.38. The summed E-state index contributed by atoms with van der Waals surface area (Å²) in [6.07, 6.45) is 5.80. The van der Waals surface area contributed by atoms with Crippen molar-refractivity contribution in [3.05, 3.63) is 29.3 Å². The van der Waals surface area contributed by atoms with Crippen molar-refractivity contribution in [3.8, 4) is 0 Å². The van der Waals surface area contributed by atoms with Gasteiger partial charge in [0.05, 0.1) is 15.7 Å². The lowest BCUT2D eigenvalue weighted by Crippen LogP contribution is -2.23. The van der Waals surface area contributed by atoms with Gasteiger partial charge in [0.1, 0.15) is 0 Å². The summed E-state index contributed by atoms with van der Waals surface area (Å²) in [5, 5.41) is 12.2. The molecule has 0 N–H and O–H groups in total. The Bertz CT molecular complexity index is 570. The second kappa shape index (κ2) is 5.06. The monoisotopic (exact) mass is 259 g/mol. The van der Waals surface area contributed by atoms with E-state index in [0.29, 0.717) is 5.56 Å². The van der Waals surface area contributed by atoms with Crippen LogP contribution in [0.5, 0.6) is 0 Å². The van der Waals surface area contributed by atoms with E-state index >= 15 is 0 Å². The Labute approximate surface area is 110 Å². The van der Waals surface area contributed by atoms with Gasteiger partial charge in [-0.15, -0.1) is 11.3 Å². The van der Waals surface area contributed by atoms with Gasteiger partial charge >= 0.3 is 0 Å². The fourth-order valence-electron chi connectivity index (χ4n) is 2.50. The Morgan fingerprint density at radius 1 is 1.28 bits per heavy atom. The van der Waals surface area contributed by atoms with E-state index in [4.69, 9.17) is 0 Å². The highest BCUT2D eigenvalue weighted by Crippen LogP contribution is 2.24. The summed E-state index contributed by atoms with van der Waals surface area (Å²) in [6, 6.07) is 5.90. The van der Waals surface area contributed by atoms with Crippen molar-refractivity contribution in [2.75, 3.05) is 0 Å². The van der Waals surface area contributed by atoms with Crippen LogP contribution in [0.1, 0.15) is 37.7 Å². The Kier molecular flexibility index (Phi) is 3.28. The molecule has 1 aliphatic carbocycles. The van der Waals surface area contributed by atoms with Gasteiger partial charge in [-0.3, -0.25) is 4.99 Å². The molecule has 0 bridgehead atoms. The first-order valence-electron chi connectivity index (χ1n) is 6.42. The standard InChI is InChI=1S/C14H16N2OS/c17-14(16-10-5-2-1-3-6-10)11-7-4-8-12-13(11)18-9-15-12/h4,7-10H,1-3,5-6H2,(H,16,17)/p-1. The molecule has 1 saturated carbocycles. The van der Waals surface area contributed by atoms with E-state index in [1.165, 1.54) is 30.6 Å². The lowest BCUT2D eigenvalue weighted by molar-refractivity contribution is -0.213. The highest BCUT2D eigenvalue weighted by Gasteiger charge is 2.12. The topological polar surface area (TPSA) is 48.3 Å². The Morgan fingerprint density at radius 3 is 2.94 bits per heavy atom. The lowest BCUT2D eigenvalue weighted by Gasteiger charge is -2.21. The highest BCUT2D eigenvalue weighted by atomic mass is 32.1. The fraction of sp³-hybridized carbons (Fsp3) is 0.429. The van der Waals surface area contributed by atoms with Gasteiger partial charge in [0.25, 0.3) is 0 Å². The maximum atomic E-state index is 12.2. The number of hydrogen-bond donors (Lipinski definition) is 0. The predicted molar refractivity (Wildman–Crippen MR) is 73.0 cm³/mol. The molecule has 0 unspecified atom stereocenters. The zero-order valence-corrected chi connectivity index (χ0v) is 10.9. The molecule has 0 amide bonds. The minimum atomic E-state index is -0.0725. The van der Waals surface area contributed by atoms with Crippen LogP contribution in [0.15, 0.2) is 28.7 Å². The van der Waals surface area contributed by atoms with Crippen LogP contribution in [0.2, 0.25) is 0 Å². The number of nitrogens with zero attached hydrogens (tertiary/aromatic N) is 2. The van der Waals surface area contributed by atoms with Crippen LogP contribution >= 0.6 is 11.3 Å². The summed E-state index contributed by atoms with van der Waals surface area (Å²) >= 11 is 1.51. The van der Waals surface area contributed by atoms with E-state index in [2.05, 4.69) is 9.98 Å². The number of rotatable bonds is 2.